The number of aryl methyl sites for hydroxylation is 2. The van der Waals surface area contributed by atoms with Gasteiger partial charge in [0.1, 0.15) is 5.82 Å². The molecule has 1 saturated heterocycles. The molecule has 3 heterocycles. The van der Waals surface area contributed by atoms with Gasteiger partial charge in [0.05, 0.1) is 17.4 Å². The number of hydrogen-bond acceptors (Lipinski definition) is 5. The summed E-state index contributed by atoms with van der Waals surface area (Å²) in [6.45, 7) is 4.89. The molecule has 6 heteroatoms. The second kappa shape index (κ2) is 6.76. The van der Waals surface area contributed by atoms with Crippen molar-refractivity contribution < 1.29 is 0 Å². The van der Waals surface area contributed by atoms with E-state index in [1.165, 1.54) is 23.4 Å². The summed E-state index contributed by atoms with van der Waals surface area (Å²) < 4.78 is 1.96. The molecule has 0 amide bonds. The molecule has 23 heavy (non-hydrogen) atoms. The molecule has 0 N–H and O–H groups in total. The first-order chi connectivity index (χ1) is 11.0. The van der Waals surface area contributed by atoms with Crippen LogP contribution in [0.15, 0.2) is 18.5 Å². The van der Waals surface area contributed by atoms with E-state index in [0.29, 0.717) is 6.04 Å². The zero-order valence-electron chi connectivity index (χ0n) is 14.5. The van der Waals surface area contributed by atoms with Crippen LogP contribution in [0.25, 0.3) is 0 Å². The molecule has 6 nitrogen and oxygen atoms in total. The number of rotatable bonds is 5. The Labute approximate surface area is 138 Å². The van der Waals surface area contributed by atoms with Crippen LogP contribution in [0.4, 0.5) is 0 Å². The van der Waals surface area contributed by atoms with Gasteiger partial charge in [0.25, 0.3) is 0 Å². The average Bonchev–Trinajstić information content (AvgIpc) is 3.11. The lowest BCUT2D eigenvalue weighted by Crippen LogP contribution is -2.26. The molecule has 0 bridgehead atoms. The SMILES string of the molecule is Cc1ncc(CN(C)C)c([C@H]2CCCN2Cc2ccnn2C)n1. The largest absolute Gasteiger partial charge is 0.305 e. The molecular weight excluding hydrogens is 288 g/mol. The quantitative estimate of drug-likeness (QED) is 0.844. The predicted octanol–water partition coefficient (Wildman–Crippen LogP) is 1.92. The standard InChI is InChI=1S/C17H26N6/c1-13-18-10-14(11-21(2)3)17(20-13)16-6-5-9-23(16)12-15-7-8-19-22(15)4/h7-8,10,16H,5-6,9,11-12H2,1-4H3/t16-/m1/s1. The summed E-state index contributed by atoms with van der Waals surface area (Å²) in [5, 5.41) is 4.29. The molecule has 0 radical (unpaired) electrons. The van der Waals surface area contributed by atoms with Gasteiger partial charge in [-0.25, -0.2) is 9.97 Å². The van der Waals surface area contributed by atoms with Crippen molar-refractivity contribution in [3.63, 3.8) is 0 Å². The second-order valence-corrected chi connectivity index (χ2v) is 6.64. The zero-order chi connectivity index (χ0) is 16.4. The van der Waals surface area contributed by atoms with Crippen LogP contribution in [0.3, 0.4) is 0 Å². The predicted molar refractivity (Wildman–Crippen MR) is 89.8 cm³/mol. The smallest absolute Gasteiger partial charge is 0.125 e. The summed E-state index contributed by atoms with van der Waals surface area (Å²) >= 11 is 0. The van der Waals surface area contributed by atoms with Gasteiger partial charge in [0, 0.05) is 38.1 Å². The molecule has 2 aromatic rings. The molecule has 0 aliphatic carbocycles. The Morgan fingerprint density at radius 1 is 1.35 bits per heavy atom. The summed E-state index contributed by atoms with van der Waals surface area (Å²) in [6.07, 6.45) is 6.24. The van der Waals surface area contributed by atoms with Gasteiger partial charge in [0.2, 0.25) is 0 Å². The first-order valence-corrected chi connectivity index (χ1v) is 8.22. The van der Waals surface area contributed by atoms with Crippen LogP contribution in [-0.2, 0) is 20.1 Å². The summed E-state index contributed by atoms with van der Waals surface area (Å²) in [7, 11) is 6.18. The summed E-state index contributed by atoms with van der Waals surface area (Å²) in [5.41, 5.74) is 3.69. The molecule has 1 atom stereocenters. The van der Waals surface area contributed by atoms with Crippen molar-refractivity contribution in [1.82, 2.24) is 29.5 Å². The van der Waals surface area contributed by atoms with Crippen LogP contribution >= 0.6 is 0 Å². The van der Waals surface area contributed by atoms with E-state index < -0.39 is 0 Å². The van der Waals surface area contributed by atoms with Gasteiger partial charge in [-0.2, -0.15) is 5.10 Å². The number of nitrogens with zero attached hydrogens (tertiary/aromatic N) is 6. The molecule has 0 spiro atoms. The van der Waals surface area contributed by atoms with E-state index in [2.05, 4.69) is 40.0 Å². The Hall–Kier alpha value is -1.79. The van der Waals surface area contributed by atoms with Gasteiger partial charge in [-0.15, -0.1) is 0 Å². The van der Waals surface area contributed by atoms with Crippen LogP contribution < -0.4 is 0 Å². The highest BCUT2D eigenvalue weighted by Gasteiger charge is 2.29. The summed E-state index contributed by atoms with van der Waals surface area (Å²) in [4.78, 5) is 13.9. The normalized spacial score (nSPS) is 18.9. The maximum absolute atomic E-state index is 4.81. The van der Waals surface area contributed by atoms with Crippen LogP contribution in [0.5, 0.6) is 0 Å². The topological polar surface area (TPSA) is 50.1 Å². The fraction of sp³-hybridized carbons (Fsp3) is 0.588. The molecule has 1 aliphatic heterocycles. The van der Waals surface area contributed by atoms with E-state index in [4.69, 9.17) is 4.98 Å². The molecule has 124 valence electrons. The first kappa shape index (κ1) is 16.1. The van der Waals surface area contributed by atoms with E-state index in [1.807, 2.05) is 31.0 Å². The van der Waals surface area contributed by atoms with Gasteiger partial charge in [-0.1, -0.05) is 0 Å². The molecule has 2 aromatic heterocycles. The van der Waals surface area contributed by atoms with Crippen molar-refractivity contribution >= 4 is 0 Å². The zero-order valence-corrected chi connectivity index (χ0v) is 14.5. The summed E-state index contributed by atoms with van der Waals surface area (Å²) in [6, 6.07) is 2.47. The van der Waals surface area contributed by atoms with Crippen molar-refractivity contribution in [1.29, 1.82) is 0 Å². The van der Waals surface area contributed by atoms with Crippen LogP contribution in [0, 0.1) is 6.92 Å². The van der Waals surface area contributed by atoms with E-state index in [-0.39, 0.29) is 0 Å². The second-order valence-electron chi connectivity index (χ2n) is 6.64. The monoisotopic (exact) mass is 314 g/mol. The highest BCUT2D eigenvalue weighted by molar-refractivity contribution is 5.22. The molecule has 1 fully saturated rings. The highest BCUT2D eigenvalue weighted by atomic mass is 15.3. The Kier molecular flexibility index (Phi) is 4.73. The lowest BCUT2D eigenvalue weighted by Gasteiger charge is -2.26. The minimum Gasteiger partial charge on any atom is -0.305 e. The molecule has 3 rings (SSSR count). The number of likely N-dealkylation sites (tertiary alicyclic amines) is 1. The Balaban J connectivity index is 1.87. The fourth-order valence-electron chi connectivity index (χ4n) is 3.35. The minimum absolute atomic E-state index is 0.376. The van der Waals surface area contributed by atoms with Crippen molar-refractivity contribution in [2.45, 2.75) is 38.9 Å². The van der Waals surface area contributed by atoms with Crippen LogP contribution in [-0.4, -0.2) is 50.2 Å². The maximum atomic E-state index is 4.81. The lowest BCUT2D eigenvalue weighted by molar-refractivity contribution is 0.235. The molecule has 0 aromatic carbocycles. The Morgan fingerprint density at radius 3 is 2.87 bits per heavy atom. The van der Waals surface area contributed by atoms with Gasteiger partial charge < -0.3 is 4.90 Å². The van der Waals surface area contributed by atoms with E-state index in [9.17, 15) is 0 Å². The molecular formula is C17H26N6. The highest BCUT2D eigenvalue weighted by Crippen LogP contribution is 2.34. The van der Waals surface area contributed by atoms with Crippen LogP contribution in [0.1, 0.15) is 41.7 Å². The third kappa shape index (κ3) is 3.59. The third-order valence-corrected chi connectivity index (χ3v) is 4.47. The number of hydrogen-bond donors (Lipinski definition) is 0. The van der Waals surface area contributed by atoms with E-state index in [0.717, 1.165) is 31.9 Å². The molecule has 0 saturated carbocycles. The maximum Gasteiger partial charge on any atom is 0.125 e. The van der Waals surface area contributed by atoms with Gasteiger partial charge in [0.15, 0.2) is 0 Å². The molecule has 0 unspecified atom stereocenters. The minimum atomic E-state index is 0.376. The van der Waals surface area contributed by atoms with Crippen molar-refractivity contribution in [2.75, 3.05) is 20.6 Å². The average molecular weight is 314 g/mol. The third-order valence-electron chi connectivity index (χ3n) is 4.47. The van der Waals surface area contributed by atoms with Gasteiger partial charge >= 0.3 is 0 Å². The summed E-state index contributed by atoms with van der Waals surface area (Å²) in [5.74, 6) is 0.856. The van der Waals surface area contributed by atoms with Gasteiger partial charge in [-0.3, -0.25) is 9.58 Å². The van der Waals surface area contributed by atoms with Crippen molar-refractivity contribution in [2.24, 2.45) is 7.05 Å². The lowest BCUT2D eigenvalue weighted by atomic mass is 10.1. The van der Waals surface area contributed by atoms with Gasteiger partial charge in [-0.05, 0) is 46.5 Å². The van der Waals surface area contributed by atoms with E-state index >= 15 is 0 Å². The van der Waals surface area contributed by atoms with Crippen molar-refractivity contribution in [3.05, 3.63) is 41.2 Å². The molecule has 1 aliphatic rings. The fourth-order valence-corrected chi connectivity index (χ4v) is 3.35. The Bertz CT molecular complexity index is 663. The van der Waals surface area contributed by atoms with Crippen LogP contribution in [0.2, 0.25) is 0 Å². The van der Waals surface area contributed by atoms with E-state index in [1.54, 1.807) is 0 Å². The first-order valence-electron chi connectivity index (χ1n) is 8.22. The Morgan fingerprint density at radius 2 is 2.17 bits per heavy atom. The van der Waals surface area contributed by atoms with Crippen molar-refractivity contribution in [3.8, 4) is 0 Å². The number of aromatic nitrogens is 4.